The van der Waals surface area contributed by atoms with Crippen LogP contribution in [-0.4, -0.2) is 39.0 Å². The van der Waals surface area contributed by atoms with Gasteiger partial charge in [0.2, 0.25) is 10.9 Å². The van der Waals surface area contributed by atoms with Crippen molar-refractivity contribution in [3.8, 4) is 5.75 Å². The van der Waals surface area contributed by atoms with E-state index >= 15 is 0 Å². The Balaban J connectivity index is 0.000000195. The average Bonchev–Trinajstić information content (AvgIpc) is 3.81. The van der Waals surface area contributed by atoms with Gasteiger partial charge in [-0.3, -0.25) is 19.2 Å². The van der Waals surface area contributed by atoms with E-state index in [1.165, 1.54) is 18.3 Å². The Bertz CT molecular complexity index is 2900. The topological polar surface area (TPSA) is 147 Å². The zero-order valence-electron chi connectivity index (χ0n) is 35.9. The van der Waals surface area contributed by atoms with Crippen LogP contribution in [0.2, 0.25) is 0 Å². The van der Waals surface area contributed by atoms with Gasteiger partial charge in [-0.05, 0) is 96.2 Å². The molecule has 4 aromatic carbocycles. The summed E-state index contributed by atoms with van der Waals surface area (Å²) in [7, 11) is 0. The van der Waals surface area contributed by atoms with E-state index in [2.05, 4.69) is 20.6 Å². The number of H-pyrrole nitrogens is 2. The summed E-state index contributed by atoms with van der Waals surface area (Å²) in [5.41, 5.74) is -2.57. The maximum atomic E-state index is 13.9. The number of alkyl halides is 6. The fraction of sp³-hybridized carbons (Fsp3) is 0.333. The molecule has 10 nitrogen and oxygen atoms in total. The molecule has 2 bridgehead atoms. The smallest absolute Gasteiger partial charge is 0.418 e. The maximum Gasteiger partial charge on any atom is 0.418 e. The third kappa shape index (κ3) is 8.95. The number of carbonyl (C=O) groups is 2. The van der Waals surface area contributed by atoms with E-state index in [0.717, 1.165) is 61.2 Å². The van der Waals surface area contributed by atoms with Crippen LogP contribution in [0.4, 0.5) is 43.4 Å². The number of para-hydroxylation sites is 1. The number of aromatic hydroxyl groups is 1. The van der Waals surface area contributed by atoms with Crippen LogP contribution in [0.5, 0.6) is 5.75 Å². The SMILES string of the molecule is CC(C)(C)c1cc(C(C)(C)C)c(NC(=O)c2c[nH]c3ccccc3c2=O)cc1O.O=C(Nc1ccc(N2C3CCC2CC3)cc1C(F)(F)F)c1c[nH]c2cccc(C(F)(F)F)c2c1=O. The Morgan fingerprint density at radius 2 is 1.14 bits per heavy atom. The van der Waals surface area contributed by atoms with Crippen molar-refractivity contribution in [3.05, 3.63) is 139 Å². The van der Waals surface area contributed by atoms with E-state index < -0.39 is 57.4 Å². The standard InChI is InChI=1S/C24H19F6N3O2.C24H28N2O3/c25-23(26,27)16-2-1-3-19-20(16)21(34)15(11-31-19)22(35)32-18-9-8-14(10-17(18)24(28,29)30)33-12-4-5-13(33)7-6-12;1-23(2,3)16-11-17(24(4,5)6)20(27)12-19(16)26-22(29)15-13-25-18-10-8-7-9-14(18)21(15)28/h1-3,8-13H,4-7H2,(H,31,34)(H,32,35);7-13,27H,1-6H3,(H,25,28)(H,26,29). The molecule has 0 saturated carbocycles. The summed E-state index contributed by atoms with van der Waals surface area (Å²) in [4.78, 5) is 58.7. The fourth-order valence-electron chi connectivity index (χ4n) is 8.67. The fourth-order valence-corrected chi connectivity index (χ4v) is 8.67. The van der Waals surface area contributed by atoms with Gasteiger partial charge in [0.05, 0.1) is 22.2 Å². The van der Waals surface area contributed by atoms with Gasteiger partial charge < -0.3 is 30.6 Å². The minimum Gasteiger partial charge on any atom is -0.508 e. The number of benzene rings is 4. The molecule has 2 amide bonds. The highest BCUT2D eigenvalue weighted by Gasteiger charge is 2.41. The molecule has 2 fully saturated rings. The van der Waals surface area contributed by atoms with Crippen molar-refractivity contribution in [2.24, 2.45) is 0 Å². The van der Waals surface area contributed by atoms with Crippen LogP contribution in [0.1, 0.15) is 110 Å². The van der Waals surface area contributed by atoms with Crippen molar-refractivity contribution in [2.75, 3.05) is 15.5 Å². The van der Waals surface area contributed by atoms with Crippen LogP contribution in [0.3, 0.4) is 0 Å². The lowest BCUT2D eigenvalue weighted by atomic mass is 9.79. The van der Waals surface area contributed by atoms with Crippen LogP contribution in [0.15, 0.2) is 94.8 Å². The minimum atomic E-state index is -4.87. The lowest BCUT2D eigenvalue weighted by Crippen LogP contribution is -2.29. The quantitative estimate of drug-likeness (QED) is 0.109. The molecule has 16 heteroatoms. The summed E-state index contributed by atoms with van der Waals surface area (Å²) in [5.74, 6) is -1.64. The van der Waals surface area contributed by atoms with Gasteiger partial charge in [-0.1, -0.05) is 59.7 Å². The number of halogens is 6. The Labute approximate surface area is 363 Å². The summed E-state index contributed by atoms with van der Waals surface area (Å²) >= 11 is 0. The molecule has 0 unspecified atom stereocenters. The zero-order valence-corrected chi connectivity index (χ0v) is 35.9. The number of carbonyl (C=O) groups excluding carboxylic acids is 2. The molecule has 336 valence electrons. The Morgan fingerprint density at radius 3 is 1.72 bits per heavy atom. The van der Waals surface area contributed by atoms with Gasteiger partial charge in [-0.15, -0.1) is 0 Å². The maximum absolute atomic E-state index is 13.9. The number of hydrogen-bond donors (Lipinski definition) is 5. The third-order valence-electron chi connectivity index (χ3n) is 11.8. The molecule has 0 radical (unpaired) electrons. The predicted octanol–water partition coefficient (Wildman–Crippen LogP) is 11.0. The van der Waals surface area contributed by atoms with Crippen LogP contribution in [-0.2, 0) is 23.2 Å². The number of pyridine rings is 2. The number of nitrogens with zero attached hydrogens (tertiary/aromatic N) is 1. The van der Waals surface area contributed by atoms with Crippen molar-refractivity contribution in [1.82, 2.24) is 9.97 Å². The van der Waals surface area contributed by atoms with Gasteiger partial charge in [0.1, 0.15) is 16.9 Å². The molecular formula is C48H47F6N5O5. The number of hydrogen-bond acceptors (Lipinski definition) is 6. The molecule has 8 rings (SSSR count). The van der Waals surface area contributed by atoms with Crippen molar-refractivity contribution in [1.29, 1.82) is 0 Å². The second-order valence-electron chi connectivity index (χ2n) is 18.3. The molecule has 6 aromatic rings. The average molecular weight is 888 g/mol. The number of aromatic nitrogens is 2. The van der Waals surface area contributed by atoms with Crippen molar-refractivity contribution < 1.29 is 41.0 Å². The highest BCUT2D eigenvalue weighted by atomic mass is 19.4. The van der Waals surface area contributed by atoms with E-state index in [9.17, 15) is 50.6 Å². The van der Waals surface area contributed by atoms with Gasteiger partial charge in [-0.25, -0.2) is 0 Å². The molecule has 0 atom stereocenters. The summed E-state index contributed by atoms with van der Waals surface area (Å²) in [6, 6.07) is 17.6. The Hall–Kier alpha value is -6.58. The molecule has 64 heavy (non-hydrogen) atoms. The van der Waals surface area contributed by atoms with Crippen LogP contribution < -0.4 is 26.4 Å². The minimum absolute atomic E-state index is 0.0305. The number of phenols is 1. The molecule has 0 spiro atoms. The number of phenolic OH excluding ortho intramolecular Hbond substituents is 1. The van der Waals surface area contributed by atoms with E-state index in [4.69, 9.17) is 0 Å². The third-order valence-corrected chi connectivity index (χ3v) is 11.8. The van der Waals surface area contributed by atoms with Crippen LogP contribution >= 0.6 is 0 Å². The summed E-state index contributed by atoms with van der Waals surface area (Å²) < 4.78 is 81.9. The summed E-state index contributed by atoms with van der Waals surface area (Å²) in [6.07, 6.45) is -3.70. The first kappa shape index (κ1) is 45.4. The van der Waals surface area contributed by atoms with Crippen molar-refractivity contribution >= 4 is 50.7 Å². The molecule has 4 heterocycles. The second kappa shape index (κ2) is 16.5. The van der Waals surface area contributed by atoms with E-state index in [1.807, 2.05) is 58.6 Å². The number of anilines is 3. The number of nitrogens with one attached hydrogen (secondary N) is 4. The van der Waals surface area contributed by atoms with Crippen LogP contribution in [0.25, 0.3) is 21.8 Å². The van der Waals surface area contributed by atoms with E-state index in [-0.39, 0.29) is 45.2 Å². The number of aromatic amines is 2. The zero-order chi connectivity index (χ0) is 46.7. The highest BCUT2D eigenvalue weighted by Crippen LogP contribution is 2.45. The van der Waals surface area contributed by atoms with Gasteiger partial charge in [0.15, 0.2) is 0 Å². The number of fused-ring (bicyclic) bond motifs is 4. The Kier molecular flexibility index (Phi) is 11.7. The van der Waals surface area contributed by atoms with Crippen molar-refractivity contribution in [2.45, 2.75) is 102 Å². The first-order valence-electron chi connectivity index (χ1n) is 20.7. The first-order chi connectivity index (χ1) is 29.8. The Morgan fingerprint density at radius 1 is 0.609 bits per heavy atom. The normalized spacial score (nSPS) is 16.5. The monoisotopic (exact) mass is 887 g/mol. The molecule has 2 aliphatic rings. The molecular weight excluding hydrogens is 841 g/mol. The van der Waals surface area contributed by atoms with Crippen LogP contribution in [0, 0.1) is 0 Å². The number of amides is 2. The number of rotatable bonds is 5. The predicted molar refractivity (Wildman–Crippen MR) is 236 cm³/mol. The van der Waals surface area contributed by atoms with E-state index in [1.54, 1.807) is 24.3 Å². The lowest BCUT2D eigenvalue weighted by Gasteiger charge is -2.28. The molecule has 0 aliphatic carbocycles. The van der Waals surface area contributed by atoms with Gasteiger partial charge in [0, 0.05) is 58.3 Å². The summed E-state index contributed by atoms with van der Waals surface area (Å²) in [5, 5.41) is 15.2. The van der Waals surface area contributed by atoms with E-state index in [0.29, 0.717) is 28.3 Å². The molecule has 2 aromatic heterocycles. The largest absolute Gasteiger partial charge is 0.508 e. The molecule has 5 N–H and O–H groups in total. The molecule has 2 saturated heterocycles. The van der Waals surface area contributed by atoms with Gasteiger partial charge in [0.25, 0.3) is 11.8 Å². The van der Waals surface area contributed by atoms with Gasteiger partial charge in [-0.2, -0.15) is 26.3 Å². The van der Waals surface area contributed by atoms with Crippen molar-refractivity contribution in [3.63, 3.8) is 0 Å². The highest BCUT2D eigenvalue weighted by molar-refractivity contribution is 6.07. The lowest BCUT2D eigenvalue weighted by molar-refractivity contribution is -0.137. The van der Waals surface area contributed by atoms with Gasteiger partial charge >= 0.3 is 12.4 Å². The first-order valence-corrected chi connectivity index (χ1v) is 20.7. The molecule has 2 aliphatic heterocycles. The summed E-state index contributed by atoms with van der Waals surface area (Å²) in [6.45, 7) is 12.2. The second-order valence-corrected chi connectivity index (χ2v) is 18.3.